The highest BCUT2D eigenvalue weighted by Crippen LogP contribution is 2.17. The Balaban J connectivity index is 2.03. The van der Waals surface area contributed by atoms with Crippen LogP contribution < -0.4 is 11.1 Å². The number of nitrogens with two attached hydrogens (primary N) is 1. The summed E-state index contributed by atoms with van der Waals surface area (Å²) >= 11 is 3.18. The van der Waals surface area contributed by atoms with Gasteiger partial charge in [0.1, 0.15) is 16.6 Å². The molecule has 0 aliphatic carbocycles. The highest BCUT2D eigenvalue weighted by Gasteiger charge is 2.04. The van der Waals surface area contributed by atoms with Gasteiger partial charge < -0.3 is 11.1 Å². The van der Waals surface area contributed by atoms with Crippen molar-refractivity contribution in [1.29, 1.82) is 0 Å². The average Bonchev–Trinajstić information content (AvgIpc) is 2.83. The van der Waals surface area contributed by atoms with Crippen LogP contribution in [0.2, 0.25) is 0 Å². The Bertz CT molecular complexity index is 526. The Kier molecular flexibility index (Phi) is 4.38. The third-order valence-electron chi connectivity index (χ3n) is 2.28. The second-order valence-corrected chi connectivity index (χ2v) is 5.57. The molecule has 2 aromatic heterocycles. The zero-order valence-electron chi connectivity index (χ0n) is 10.3. The van der Waals surface area contributed by atoms with E-state index in [1.165, 1.54) is 16.6 Å². The van der Waals surface area contributed by atoms with Gasteiger partial charge in [-0.3, -0.25) is 0 Å². The van der Waals surface area contributed by atoms with Crippen molar-refractivity contribution in [2.24, 2.45) is 0 Å². The van der Waals surface area contributed by atoms with Crippen LogP contribution in [0, 0.1) is 0 Å². The van der Waals surface area contributed by atoms with E-state index in [2.05, 4.69) is 27.2 Å². The van der Waals surface area contributed by atoms with Gasteiger partial charge in [-0.25, -0.2) is 15.0 Å². The van der Waals surface area contributed by atoms with Crippen molar-refractivity contribution in [2.75, 3.05) is 17.3 Å². The van der Waals surface area contributed by atoms with E-state index in [0.29, 0.717) is 17.5 Å². The molecule has 0 spiro atoms. The van der Waals surface area contributed by atoms with Gasteiger partial charge in [0.15, 0.2) is 5.16 Å². The summed E-state index contributed by atoms with van der Waals surface area (Å²) < 4.78 is 0. The fraction of sp³-hybridized carbons (Fsp3) is 0.364. The lowest BCUT2D eigenvalue weighted by Gasteiger charge is -2.05. The fourth-order valence-electron chi connectivity index (χ4n) is 1.38. The molecule has 0 aliphatic rings. The minimum Gasteiger partial charge on any atom is -0.383 e. The number of aryl methyl sites for hydroxylation is 1. The second kappa shape index (κ2) is 6.01. The standard InChI is InChI=1S/C11H15N5S2/c1-3-7-5-14-10(18-7)6-13-9-4-8(12)15-11(16-9)17-2/h4-5H,3,6H2,1-2H3,(H3,12,13,15,16). The molecule has 3 N–H and O–H groups in total. The van der Waals surface area contributed by atoms with Crippen molar-refractivity contribution in [2.45, 2.75) is 25.0 Å². The third-order valence-corrected chi connectivity index (χ3v) is 3.97. The lowest BCUT2D eigenvalue weighted by molar-refractivity contribution is 0.960. The topological polar surface area (TPSA) is 76.7 Å². The first-order valence-electron chi connectivity index (χ1n) is 5.57. The first-order chi connectivity index (χ1) is 8.71. The minimum absolute atomic E-state index is 0.477. The highest BCUT2D eigenvalue weighted by atomic mass is 32.2. The third kappa shape index (κ3) is 3.33. The van der Waals surface area contributed by atoms with E-state index in [0.717, 1.165) is 17.2 Å². The van der Waals surface area contributed by atoms with Gasteiger partial charge in [-0.1, -0.05) is 18.7 Å². The smallest absolute Gasteiger partial charge is 0.191 e. The lowest BCUT2D eigenvalue weighted by Crippen LogP contribution is -2.04. The van der Waals surface area contributed by atoms with E-state index < -0.39 is 0 Å². The number of nitrogens with zero attached hydrogens (tertiary/aromatic N) is 3. The van der Waals surface area contributed by atoms with Crippen LogP contribution in [-0.4, -0.2) is 21.2 Å². The van der Waals surface area contributed by atoms with Crippen LogP contribution in [0.25, 0.3) is 0 Å². The summed E-state index contributed by atoms with van der Waals surface area (Å²) in [6, 6.07) is 1.73. The van der Waals surface area contributed by atoms with Gasteiger partial charge in [0.25, 0.3) is 0 Å². The molecular weight excluding hydrogens is 266 g/mol. The molecule has 0 amide bonds. The summed E-state index contributed by atoms with van der Waals surface area (Å²) in [6.07, 6.45) is 4.87. The number of anilines is 2. The van der Waals surface area contributed by atoms with E-state index in [9.17, 15) is 0 Å². The molecule has 0 atom stereocenters. The molecule has 5 nitrogen and oxygen atoms in total. The van der Waals surface area contributed by atoms with Gasteiger partial charge in [-0.05, 0) is 12.7 Å². The van der Waals surface area contributed by atoms with Gasteiger partial charge >= 0.3 is 0 Å². The summed E-state index contributed by atoms with van der Waals surface area (Å²) in [5, 5.41) is 4.94. The summed E-state index contributed by atoms with van der Waals surface area (Å²) in [7, 11) is 0. The van der Waals surface area contributed by atoms with Gasteiger partial charge in [0, 0.05) is 17.1 Å². The first-order valence-corrected chi connectivity index (χ1v) is 7.61. The summed E-state index contributed by atoms with van der Waals surface area (Å²) in [5.74, 6) is 1.21. The zero-order chi connectivity index (χ0) is 13.0. The minimum atomic E-state index is 0.477. The highest BCUT2D eigenvalue weighted by molar-refractivity contribution is 7.98. The van der Waals surface area contributed by atoms with Crippen LogP contribution in [-0.2, 0) is 13.0 Å². The van der Waals surface area contributed by atoms with Crippen LogP contribution >= 0.6 is 23.1 Å². The lowest BCUT2D eigenvalue weighted by atomic mass is 10.4. The normalized spacial score (nSPS) is 10.6. The van der Waals surface area contributed by atoms with Crippen LogP contribution in [0.15, 0.2) is 17.4 Å². The number of rotatable bonds is 5. The van der Waals surface area contributed by atoms with Crippen LogP contribution in [0.3, 0.4) is 0 Å². The molecule has 2 aromatic rings. The molecule has 0 aliphatic heterocycles. The molecule has 96 valence electrons. The van der Waals surface area contributed by atoms with Crippen molar-refractivity contribution < 1.29 is 0 Å². The van der Waals surface area contributed by atoms with E-state index in [1.807, 2.05) is 12.5 Å². The fourth-order valence-corrected chi connectivity index (χ4v) is 2.57. The Labute approximate surface area is 114 Å². The summed E-state index contributed by atoms with van der Waals surface area (Å²) in [6.45, 7) is 2.79. The second-order valence-electron chi connectivity index (χ2n) is 3.59. The number of hydrogen-bond donors (Lipinski definition) is 2. The number of nitrogen functional groups attached to an aromatic ring is 1. The SMILES string of the molecule is CCc1cnc(CNc2cc(N)nc(SC)n2)s1. The van der Waals surface area contributed by atoms with Crippen molar-refractivity contribution in [1.82, 2.24) is 15.0 Å². The van der Waals surface area contributed by atoms with E-state index in [4.69, 9.17) is 5.73 Å². The predicted octanol–water partition coefficient (Wildman–Crippen LogP) is 2.41. The molecule has 0 saturated carbocycles. The van der Waals surface area contributed by atoms with Crippen LogP contribution in [0.5, 0.6) is 0 Å². The number of hydrogen-bond acceptors (Lipinski definition) is 7. The van der Waals surface area contributed by atoms with Crippen LogP contribution in [0.1, 0.15) is 16.8 Å². The molecule has 2 rings (SSSR count). The Morgan fingerprint density at radius 3 is 2.94 bits per heavy atom. The van der Waals surface area contributed by atoms with Crippen LogP contribution in [0.4, 0.5) is 11.6 Å². The molecule has 0 radical (unpaired) electrons. The van der Waals surface area contributed by atoms with E-state index in [1.54, 1.807) is 17.4 Å². The maximum Gasteiger partial charge on any atom is 0.191 e. The zero-order valence-corrected chi connectivity index (χ0v) is 11.9. The van der Waals surface area contributed by atoms with Crippen molar-refractivity contribution in [3.63, 3.8) is 0 Å². The Hall–Kier alpha value is -1.34. The molecule has 7 heteroatoms. The van der Waals surface area contributed by atoms with Gasteiger partial charge in [0.05, 0.1) is 6.54 Å². The molecule has 0 bridgehead atoms. The van der Waals surface area contributed by atoms with Gasteiger partial charge in [-0.15, -0.1) is 11.3 Å². The van der Waals surface area contributed by atoms with Crippen molar-refractivity contribution in [3.8, 4) is 0 Å². The Morgan fingerprint density at radius 1 is 1.44 bits per heavy atom. The number of thiazole rings is 1. The molecule has 2 heterocycles. The molecular formula is C11H15N5S2. The molecule has 0 saturated heterocycles. The summed E-state index contributed by atoms with van der Waals surface area (Å²) in [4.78, 5) is 14.1. The molecule has 0 unspecified atom stereocenters. The monoisotopic (exact) mass is 281 g/mol. The van der Waals surface area contributed by atoms with Crippen molar-refractivity contribution in [3.05, 3.63) is 22.1 Å². The quantitative estimate of drug-likeness (QED) is 0.647. The van der Waals surface area contributed by atoms with Gasteiger partial charge in [0.2, 0.25) is 0 Å². The maximum atomic E-state index is 5.71. The maximum absolute atomic E-state index is 5.71. The first kappa shape index (κ1) is 13.1. The number of nitrogens with one attached hydrogen (secondary N) is 1. The van der Waals surface area contributed by atoms with E-state index >= 15 is 0 Å². The van der Waals surface area contributed by atoms with Crippen molar-refractivity contribution >= 4 is 34.7 Å². The Morgan fingerprint density at radius 2 is 2.28 bits per heavy atom. The predicted molar refractivity (Wildman–Crippen MR) is 77.0 cm³/mol. The average molecular weight is 281 g/mol. The van der Waals surface area contributed by atoms with Gasteiger partial charge in [-0.2, -0.15) is 0 Å². The molecule has 0 fully saturated rings. The number of thioether (sulfide) groups is 1. The summed E-state index contributed by atoms with van der Waals surface area (Å²) in [5.41, 5.74) is 5.71. The molecule has 18 heavy (non-hydrogen) atoms. The molecule has 0 aromatic carbocycles. The largest absolute Gasteiger partial charge is 0.383 e. The van der Waals surface area contributed by atoms with E-state index in [-0.39, 0.29) is 0 Å². The number of aromatic nitrogens is 3.